The molecule has 0 aromatic heterocycles. The lowest BCUT2D eigenvalue weighted by Crippen LogP contribution is -2.44. The maximum Gasteiger partial charge on any atom is 0.189 e. The van der Waals surface area contributed by atoms with Gasteiger partial charge in [-0.3, -0.25) is 5.41 Å². The number of hydrogen-bond donors (Lipinski definition) is 2. The van der Waals surface area contributed by atoms with Crippen LogP contribution in [0, 0.1) is 5.41 Å². The summed E-state index contributed by atoms with van der Waals surface area (Å²) in [5.41, 5.74) is 11.7. The first-order chi connectivity index (χ1) is 11.8. The van der Waals surface area contributed by atoms with E-state index in [1.165, 1.54) is 35.1 Å². The summed E-state index contributed by atoms with van der Waals surface area (Å²) in [4.78, 5) is 2.19. The van der Waals surface area contributed by atoms with E-state index in [9.17, 15) is 0 Å². The van der Waals surface area contributed by atoms with E-state index >= 15 is 0 Å². The van der Waals surface area contributed by atoms with Crippen molar-refractivity contribution in [3.8, 4) is 0 Å². The van der Waals surface area contributed by atoms with E-state index in [1.807, 2.05) is 0 Å². The van der Waals surface area contributed by atoms with Crippen LogP contribution < -0.4 is 5.73 Å². The number of nitrogens with zero attached hydrogens (tertiary/aromatic N) is 1. The topological polar surface area (TPSA) is 53.1 Å². The molecule has 0 bridgehead atoms. The van der Waals surface area contributed by atoms with E-state index in [0.29, 0.717) is 0 Å². The van der Waals surface area contributed by atoms with Gasteiger partial charge in [-0.05, 0) is 60.8 Å². The molecule has 2 unspecified atom stereocenters. The molecule has 2 aromatic rings. The van der Waals surface area contributed by atoms with Crippen LogP contribution in [0.1, 0.15) is 60.0 Å². The van der Waals surface area contributed by atoms with Crippen molar-refractivity contribution in [3.63, 3.8) is 0 Å². The number of aryl methyl sites for hydroxylation is 2. The van der Waals surface area contributed by atoms with Gasteiger partial charge in [0.15, 0.2) is 5.96 Å². The third-order valence-electron chi connectivity index (χ3n) is 5.63. The van der Waals surface area contributed by atoms with Crippen molar-refractivity contribution in [3.05, 3.63) is 70.8 Å². The summed E-state index contributed by atoms with van der Waals surface area (Å²) >= 11 is 0. The Morgan fingerprint density at radius 1 is 0.833 bits per heavy atom. The largest absolute Gasteiger partial charge is 0.370 e. The highest BCUT2D eigenvalue weighted by Gasteiger charge is 2.34. The van der Waals surface area contributed by atoms with Crippen LogP contribution in [0.3, 0.4) is 0 Å². The molecule has 0 aliphatic heterocycles. The molecule has 4 rings (SSSR count). The summed E-state index contributed by atoms with van der Waals surface area (Å²) in [5.74, 6) is 0.207. The van der Waals surface area contributed by atoms with E-state index in [1.54, 1.807) is 0 Å². The van der Waals surface area contributed by atoms with E-state index < -0.39 is 0 Å². The van der Waals surface area contributed by atoms with Gasteiger partial charge in [0.25, 0.3) is 0 Å². The molecule has 0 saturated heterocycles. The minimum absolute atomic E-state index is 0.207. The Kier molecular flexibility index (Phi) is 4.01. The Labute approximate surface area is 144 Å². The van der Waals surface area contributed by atoms with Crippen molar-refractivity contribution in [1.29, 1.82) is 5.41 Å². The van der Waals surface area contributed by atoms with E-state index in [-0.39, 0.29) is 18.0 Å². The van der Waals surface area contributed by atoms with Crippen molar-refractivity contribution in [1.82, 2.24) is 4.90 Å². The third-order valence-corrected chi connectivity index (χ3v) is 5.63. The minimum atomic E-state index is 0.207. The average Bonchev–Trinajstić information content (AvgIpc) is 2.62. The van der Waals surface area contributed by atoms with Crippen LogP contribution in [0.4, 0.5) is 0 Å². The standard InChI is InChI=1S/C21H25N3/c22-21(23)24(19-13-5-9-15-7-1-3-11-17(15)19)20-14-6-10-16-8-2-4-12-18(16)20/h1-4,7-8,11-12,19-20H,5-6,9-10,13-14H2,(H3,22,23). The normalized spacial score (nSPS) is 22.3. The van der Waals surface area contributed by atoms with Gasteiger partial charge in [-0.15, -0.1) is 0 Å². The molecule has 0 heterocycles. The second-order valence-corrected chi connectivity index (χ2v) is 7.01. The molecule has 2 atom stereocenters. The van der Waals surface area contributed by atoms with Crippen LogP contribution in [-0.4, -0.2) is 10.9 Å². The monoisotopic (exact) mass is 319 g/mol. The first kappa shape index (κ1) is 15.3. The maximum absolute atomic E-state index is 8.31. The predicted molar refractivity (Wildman–Crippen MR) is 98.0 cm³/mol. The SMILES string of the molecule is N=C(N)N(C1CCCc2ccccc21)C1CCCc2ccccc21. The van der Waals surface area contributed by atoms with Crippen molar-refractivity contribution in [2.24, 2.45) is 5.73 Å². The Morgan fingerprint density at radius 3 is 1.75 bits per heavy atom. The third kappa shape index (κ3) is 2.58. The number of rotatable bonds is 2. The number of hydrogen-bond acceptors (Lipinski definition) is 1. The molecule has 2 aliphatic carbocycles. The van der Waals surface area contributed by atoms with Crippen molar-refractivity contribution in [2.75, 3.05) is 0 Å². The summed E-state index contributed by atoms with van der Waals surface area (Å²) in [7, 11) is 0. The first-order valence-corrected chi connectivity index (χ1v) is 9.03. The van der Waals surface area contributed by atoms with Gasteiger partial charge in [0.05, 0.1) is 12.1 Å². The molecule has 0 spiro atoms. The zero-order chi connectivity index (χ0) is 16.5. The van der Waals surface area contributed by atoms with E-state index in [0.717, 1.165) is 25.7 Å². The lowest BCUT2D eigenvalue weighted by molar-refractivity contribution is 0.195. The highest BCUT2D eigenvalue weighted by atomic mass is 15.3. The highest BCUT2D eigenvalue weighted by Crippen LogP contribution is 2.42. The molecule has 0 saturated carbocycles. The molecular formula is C21H25N3. The minimum Gasteiger partial charge on any atom is -0.370 e. The lowest BCUT2D eigenvalue weighted by atomic mass is 9.82. The Bertz CT molecular complexity index is 695. The number of benzene rings is 2. The molecule has 0 radical (unpaired) electrons. The molecule has 2 aromatic carbocycles. The molecular weight excluding hydrogens is 294 g/mol. The van der Waals surface area contributed by atoms with Gasteiger partial charge < -0.3 is 10.6 Å². The number of nitrogens with two attached hydrogens (primary N) is 1. The van der Waals surface area contributed by atoms with Crippen LogP contribution in [-0.2, 0) is 12.8 Å². The summed E-state index contributed by atoms with van der Waals surface area (Å²) in [6.07, 6.45) is 6.77. The van der Waals surface area contributed by atoms with Crippen molar-refractivity contribution >= 4 is 5.96 Å². The van der Waals surface area contributed by atoms with E-state index in [4.69, 9.17) is 11.1 Å². The van der Waals surface area contributed by atoms with Gasteiger partial charge in [0, 0.05) is 0 Å². The molecule has 0 amide bonds. The van der Waals surface area contributed by atoms with Gasteiger partial charge in [-0.2, -0.15) is 0 Å². The van der Waals surface area contributed by atoms with Crippen LogP contribution in [0.5, 0.6) is 0 Å². The van der Waals surface area contributed by atoms with Crippen LogP contribution in [0.2, 0.25) is 0 Å². The van der Waals surface area contributed by atoms with Gasteiger partial charge in [0.2, 0.25) is 0 Å². The summed E-state index contributed by atoms with van der Waals surface area (Å²) in [5, 5.41) is 8.31. The molecule has 3 heteroatoms. The average molecular weight is 319 g/mol. The second-order valence-electron chi connectivity index (χ2n) is 7.01. The fraction of sp³-hybridized carbons (Fsp3) is 0.381. The van der Waals surface area contributed by atoms with Gasteiger partial charge in [0.1, 0.15) is 0 Å². The number of nitrogens with one attached hydrogen (secondary N) is 1. The van der Waals surface area contributed by atoms with E-state index in [2.05, 4.69) is 53.4 Å². The Balaban J connectivity index is 1.76. The summed E-state index contributed by atoms with van der Waals surface area (Å²) in [6, 6.07) is 17.8. The summed E-state index contributed by atoms with van der Waals surface area (Å²) < 4.78 is 0. The zero-order valence-electron chi connectivity index (χ0n) is 14.0. The summed E-state index contributed by atoms with van der Waals surface area (Å²) in [6.45, 7) is 0. The van der Waals surface area contributed by atoms with Gasteiger partial charge >= 0.3 is 0 Å². The molecule has 3 nitrogen and oxygen atoms in total. The second kappa shape index (κ2) is 6.31. The lowest BCUT2D eigenvalue weighted by Gasteiger charge is -2.43. The van der Waals surface area contributed by atoms with Gasteiger partial charge in [-0.1, -0.05) is 48.5 Å². The fourth-order valence-corrected chi connectivity index (χ4v) is 4.59. The molecule has 3 N–H and O–H groups in total. The number of fused-ring (bicyclic) bond motifs is 2. The molecule has 0 fully saturated rings. The predicted octanol–water partition coefficient (Wildman–Crippen LogP) is 4.34. The maximum atomic E-state index is 8.31. The van der Waals surface area contributed by atoms with Gasteiger partial charge in [-0.25, -0.2) is 0 Å². The smallest absolute Gasteiger partial charge is 0.189 e. The molecule has 24 heavy (non-hydrogen) atoms. The first-order valence-electron chi connectivity index (χ1n) is 9.03. The molecule has 2 aliphatic rings. The highest BCUT2D eigenvalue weighted by molar-refractivity contribution is 5.76. The van der Waals surface area contributed by atoms with Crippen LogP contribution >= 0.6 is 0 Å². The van der Waals surface area contributed by atoms with Crippen LogP contribution in [0.15, 0.2) is 48.5 Å². The van der Waals surface area contributed by atoms with Crippen LogP contribution in [0.25, 0.3) is 0 Å². The quantitative estimate of drug-likeness (QED) is 0.639. The van der Waals surface area contributed by atoms with Crippen molar-refractivity contribution < 1.29 is 0 Å². The Morgan fingerprint density at radius 2 is 1.29 bits per heavy atom. The Hall–Kier alpha value is -2.29. The van der Waals surface area contributed by atoms with Crippen molar-refractivity contribution in [2.45, 2.75) is 50.6 Å². The zero-order valence-corrected chi connectivity index (χ0v) is 14.0. The number of guanidine groups is 1. The molecule has 124 valence electrons. The fourth-order valence-electron chi connectivity index (χ4n) is 4.59.